The van der Waals surface area contributed by atoms with E-state index in [4.69, 9.17) is 0 Å². The second-order valence-corrected chi connectivity index (χ2v) is 6.01. The minimum atomic E-state index is 0.775. The molecule has 0 unspecified atom stereocenters. The van der Waals surface area contributed by atoms with Gasteiger partial charge in [-0.1, -0.05) is 13.8 Å². The van der Waals surface area contributed by atoms with Gasteiger partial charge in [0, 0.05) is 17.6 Å². The number of hydrogen-bond acceptors (Lipinski definition) is 4. The third-order valence-electron chi connectivity index (χ3n) is 3.50. The summed E-state index contributed by atoms with van der Waals surface area (Å²) in [6, 6.07) is 0. The van der Waals surface area contributed by atoms with Crippen LogP contribution >= 0.6 is 11.3 Å². The standard InChI is InChI=1S/C15H24N4S/c1-5-7-16-8-15-17-13(10-20-15)9-19-12(4)14(6-2)11(3)18-19/h10,16H,5-9H2,1-4H3. The van der Waals surface area contributed by atoms with Crippen molar-refractivity contribution in [2.24, 2.45) is 0 Å². The highest BCUT2D eigenvalue weighted by atomic mass is 32.1. The van der Waals surface area contributed by atoms with Crippen LogP contribution in [0.15, 0.2) is 5.38 Å². The Morgan fingerprint density at radius 2 is 2.10 bits per heavy atom. The molecule has 0 fully saturated rings. The van der Waals surface area contributed by atoms with Crippen LogP contribution in [0, 0.1) is 13.8 Å². The SMILES string of the molecule is CCCNCc1nc(Cn2nc(C)c(CC)c2C)cs1. The molecule has 1 N–H and O–H groups in total. The van der Waals surface area contributed by atoms with Crippen molar-refractivity contribution in [1.29, 1.82) is 0 Å². The fraction of sp³-hybridized carbons (Fsp3) is 0.600. The molecule has 2 heterocycles. The quantitative estimate of drug-likeness (QED) is 0.798. The molecule has 2 aromatic heterocycles. The summed E-state index contributed by atoms with van der Waals surface area (Å²) in [5.74, 6) is 0. The van der Waals surface area contributed by atoms with Gasteiger partial charge in [0.15, 0.2) is 0 Å². The lowest BCUT2D eigenvalue weighted by Gasteiger charge is -2.02. The topological polar surface area (TPSA) is 42.7 Å². The predicted octanol–water partition coefficient (Wildman–Crippen LogP) is 3.07. The van der Waals surface area contributed by atoms with Crippen molar-refractivity contribution >= 4 is 11.3 Å². The van der Waals surface area contributed by atoms with Crippen molar-refractivity contribution in [3.05, 3.63) is 33.0 Å². The summed E-state index contributed by atoms with van der Waals surface area (Å²) < 4.78 is 2.08. The fourth-order valence-electron chi connectivity index (χ4n) is 2.43. The van der Waals surface area contributed by atoms with E-state index in [-0.39, 0.29) is 0 Å². The number of aromatic nitrogens is 3. The molecular formula is C15H24N4S. The highest BCUT2D eigenvalue weighted by molar-refractivity contribution is 7.09. The molecule has 20 heavy (non-hydrogen) atoms. The highest BCUT2D eigenvalue weighted by Gasteiger charge is 2.11. The molecule has 0 radical (unpaired) electrons. The first kappa shape index (κ1) is 15.2. The van der Waals surface area contributed by atoms with Crippen LogP contribution in [0.25, 0.3) is 0 Å². The lowest BCUT2D eigenvalue weighted by molar-refractivity contribution is 0.639. The molecule has 4 nitrogen and oxygen atoms in total. The Balaban J connectivity index is 2.03. The van der Waals surface area contributed by atoms with Gasteiger partial charge in [-0.25, -0.2) is 4.98 Å². The van der Waals surface area contributed by atoms with Gasteiger partial charge in [-0.2, -0.15) is 5.10 Å². The molecule has 0 bridgehead atoms. The number of aryl methyl sites for hydroxylation is 1. The van der Waals surface area contributed by atoms with Gasteiger partial charge in [-0.3, -0.25) is 4.68 Å². The van der Waals surface area contributed by atoms with Crippen molar-refractivity contribution in [2.45, 2.75) is 53.6 Å². The summed E-state index contributed by atoms with van der Waals surface area (Å²) in [7, 11) is 0. The maximum absolute atomic E-state index is 4.68. The fourth-order valence-corrected chi connectivity index (χ4v) is 3.18. The van der Waals surface area contributed by atoms with Crippen molar-refractivity contribution in [3.8, 4) is 0 Å². The molecule has 0 amide bonds. The Bertz CT molecular complexity index is 556. The van der Waals surface area contributed by atoms with E-state index in [1.54, 1.807) is 11.3 Å². The molecule has 5 heteroatoms. The van der Waals surface area contributed by atoms with E-state index in [2.05, 4.69) is 53.2 Å². The number of nitrogens with one attached hydrogen (secondary N) is 1. The predicted molar refractivity (Wildman–Crippen MR) is 84.3 cm³/mol. The van der Waals surface area contributed by atoms with E-state index in [0.29, 0.717) is 0 Å². The van der Waals surface area contributed by atoms with E-state index < -0.39 is 0 Å². The second kappa shape index (κ2) is 6.99. The van der Waals surface area contributed by atoms with Crippen molar-refractivity contribution in [2.75, 3.05) is 6.54 Å². The molecule has 0 aromatic carbocycles. The molecule has 0 spiro atoms. The molecule has 0 saturated heterocycles. The molecule has 0 atom stereocenters. The molecular weight excluding hydrogens is 268 g/mol. The number of rotatable bonds is 7. The first-order valence-corrected chi connectivity index (χ1v) is 8.20. The smallest absolute Gasteiger partial charge is 0.107 e. The molecule has 0 saturated carbocycles. The molecule has 0 aliphatic heterocycles. The minimum absolute atomic E-state index is 0.775. The Morgan fingerprint density at radius 1 is 1.30 bits per heavy atom. The van der Waals surface area contributed by atoms with Gasteiger partial charge >= 0.3 is 0 Å². The Kier molecular flexibility index (Phi) is 5.31. The maximum Gasteiger partial charge on any atom is 0.107 e. The van der Waals surface area contributed by atoms with Gasteiger partial charge in [0.25, 0.3) is 0 Å². The Labute approximate surface area is 125 Å². The van der Waals surface area contributed by atoms with Crippen LogP contribution in [-0.2, 0) is 19.5 Å². The van der Waals surface area contributed by atoms with Gasteiger partial charge < -0.3 is 5.32 Å². The summed E-state index contributed by atoms with van der Waals surface area (Å²) in [6.45, 7) is 11.3. The largest absolute Gasteiger partial charge is 0.310 e. The number of nitrogens with zero attached hydrogens (tertiary/aromatic N) is 3. The van der Waals surface area contributed by atoms with Crippen LogP contribution in [0.5, 0.6) is 0 Å². The molecule has 0 aliphatic rings. The van der Waals surface area contributed by atoms with E-state index in [9.17, 15) is 0 Å². The van der Waals surface area contributed by atoms with Crippen LogP contribution in [-0.4, -0.2) is 21.3 Å². The van der Waals surface area contributed by atoms with Gasteiger partial charge in [0.05, 0.1) is 17.9 Å². The summed E-state index contributed by atoms with van der Waals surface area (Å²) in [4.78, 5) is 4.68. The van der Waals surface area contributed by atoms with Crippen LogP contribution in [0.1, 0.15) is 47.9 Å². The number of hydrogen-bond donors (Lipinski definition) is 1. The monoisotopic (exact) mass is 292 g/mol. The van der Waals surface area contributed by atoms with Gasteiger partial charge in [-0.05, 0) is 38.8 Å². The van der Waals surface area contributed by atoms with E-state index in [1.165, 1.54) is 11.3 Å². The van der Waals surface area contributed by atoms with Crippen LogP contribution < -0.4 is 5.32 Å². The molecule has 0 aliphatic carbocycles. The van der Waals surface area contributed by atoms with Crippen LogP contribution in [0.2, 0.25) is 0 Å². The van der Waals surface area contributed by atoms with Crippen molar-refractivity contribution in [3.63, 3.8) is 0 Å². The third kappa shape index (κ3) is 3.46. The second-order valence-electron chi connectivity index (χ2n) is 5.07. The van der Waals surface area contributed by atoms with E-state index in [1.807, 2.05) is 0 Å². The van der Waals surface area contributed by atoms with Crippen LogP contribution in [0.3, 0.4) is 0 Å². The molecule has 2 aromatic rings. The summed E-state index contributed by atoms with van der Waals surface area (Å²) >= 11 is 1.73. The first-order valence-electron chi connectivity index (χ1n) is 7.32. The highest BCUT2D eigenvalue weighted by Crippen LogP contribution is 2.16. The Hall–Kier alpha value is -1.20. The van der Waals surface area contributed by atoms with E-state index in [0.717, 1.165) is 48.9 Å². The maximum atomic E-state index is 4.68. The zero-order chi connectivity index (χ0) is 14.5. The summed E-state index contributed by atoms with van der Waals surface area (Å²) in [5, 5.41) is 11.3. The molecule has 2 rings (SSSR count). The van der Waals surface area contributed by atoms with Crippen LogP contribution in [0.4, 0.5) is 0 Å². The Morgan fingerprint density at radius 3 is 2.75 bits per heavy atom. The van der Waals surface area contributed by atoms with Gasteiger partial charge in [-0.15, -0.1) is 11.3 Å². The van der Waals surface area contributed by atoms with Crippen molar-refractivity contribution in [1.82, 2.24) is 20.1 Å². The lowest BCUT2D eigenvalue weighted by atomic mass is 10.1. The van der Waals surface area contributed by atoms with Crippen molar-refractivity contribution < 1.29 is 0 Å². The zero-order valence-electron chi connectivity index (χ0n) is 12.9. The average Bonchev–Trinajstić information content (AvgIpc) is 2.96. The lowest BCUT2D eigenvalue weighted by Crippen LogP contribution is -2.13. The average molecular weight is 292 g/mol. The summed E-state index contributed by atoms with van der Waals surface area (Å²) in [6.07, 6.45) is 2.20. The zero-order valence-corrected chi connectivity index (χ0v) is 13.7. The van der Waals surface area contributed by atoms with E-state index >= 15 is 0 Å². The molecule has 110 valence electrons. The number of thiazole rings is 1. The minimum Gasteiger partial charge on any atom is -0.310 e. The third-order valence-corrected chi connectivity index (χ3v) is 4.40. The first-order chi connectivity index (χ1) is 9.65. The van der Waals surface area contributed by atoms with Gasteiger partial charge in [0.1, 0.15) is 5.01 Å². The summed E-state index contributed by atoms with van der Waals surface area (Å²) in [5.41, 5.74) is 4.88. The normalized spacial score (nSPS) is 11.2. The van der Waals surface area contributed by atoms with Gasteiger partial charge in [0.2, 0.25) is 0 Å².